The van der Waals surface area contributed by atoms with E-state index in [2.05, 4.69) is 25.0 Å². The normalized spacial score (nSPS) is 21.9. The van der Waals surface area contributed by atoms with Gasteiger partial charge in [0.2, 0.25) is 5.92 Å². The lowest BCUT2D eigenvalue weighted by Crippen LogP contribution is -2.40. The molecule has 1 saturated heterocycles. The van der Waals surface area contributed by atoms with Crippen LogP contribution in [0.2, 0.25) is 0 Å². The molecule has 0 aromatic carbocycles. The molecule has 2 aliphatic rings. The molecule has 3 aromatic heterocycles. The summed E-state index contributed by atoms with van der Waals surface area (Å²) >= 11 is 0. The number of anilines is 1. The highest BCUT2D eigenvalue weighted by Crippen LogP contribution is 2.48. The molecule has 1 unspecified atom stereocenters. The van der Waals surface area contributed by atoms with Gasteiger partial charge in [-0.25, -0.2) is 23.1 Å². The number of hydrogen-bond donors (Lipinski definition) is 2. The number of nitrogens with one attached hydrogen (secondary N) is 2. The van der Waals surface area contributed by atoms with Gasteiger partial charge in [-0.15, -0.1) is 0 Å². The maximum atomic E-state index is 13.2. The molecular formula is C18H18F2N6O2. The largest absolute Gasteiger partial charge is 0.368 e. The van der Waals surface area contributed by atoms with Gasteiger partial charge in [-0.2, -0.15) is 5.10 Å². The van der Waals surface area contributed by atoms with Gasteiger partial charge >= 0.3 is 5.69 Å². The van der Waals surface area contributed by atoms with Crippen molar-refractivity contribution in [1.29, 1.82) is 0 Å². The molecule has 3 aromatic rings. The highest BCUT2D eigenvalue weighted by atomic mass is 19.3. The van der Waals surface area contributed by atoms with Crippen LogP contribution in [0.3, 0.4) is 0 Å². The fourth-order valence-corrected chi connectivity index (χ4v) is 4.30. The molecule has 1 aliphatic heterocycles. The lowest BCUT2D eigenvalue weighted by atomic mass is 9.73. The summed E-state index contributed by atoms with van der Waals surface area (Å²) in [6.45, 7) is 1.41. The van der Waals surface area contributed by atoms with Crippen molar-refractivity contribution in [2.75, 3.05) is 18.0 Å². The predicted molar refractivity (Wildman–Crippen MR) is 97.7 cm³/mol. The van der Waals surface area contributed by atoms with E-state index in [-0.39, 0.29) is 30.2 Å². The van der Waals surface area contributed by atoms with Crippen LogP contribution in [0.1, 0.15) is 19.3 Å². The van der Waals surface area contributed by atoms with E-state index in [0.29, 0.717) is 17.9 Å². The zero-order valence-electron chi connectivity index (χ0n) is 14.9. The molecule has 8 nitrogen and oxygen atoms in total. The summed E-state index contributed by atoms with van der Waals surface area (Å²) in [5.74, 6) is -2.23. The first-order valence-corrected chi connectivity index (χ1v) is 9.19. The smallest absolute Gasteiger partial charge is 0.325 e. The van der Waals surface area contributed by atoms with E-state index in [1.165, 1.54) is 6.20 Å². The summed E-state index contributed by atoms with van der Waals surface area (Å²) in [5, 5.41) is 4.41. The van der Waals surface area contributed by atoms with Gasteiger partial charge < -0.3 is 9.88 Å². The third kappa shape index (κ3) is 2.79. The van der Waals surface area contributed by atoms with Crippen LogP contribution in [0.4, 0.5) is 14.5 Å². The van der Waals surface area contributed by atoms with Gasteiger partial charge in [0.15, 0.2) is 5.65 Å². The van der Waals surface area contributed by atoms with E-state index in [9.17, 15) is 18.4 Å². The molecule has 5 rings (SSSR count). The molecule has 0 bridgehead atoms. The number of H-pyrrole nitrogens is 2. The van der Waals surface area contributed by atoms with E-state index in [4.69, 9.17) is 0 Å². The third-order valence-corrected chi connectivity index (χ3v) is 5.79. The van der Waals surface area contributed by atoms with Gasteiger partial charge in [-0.3, -0.25) is 9.78 Å². The average Bonchev–Trinajstić information content (AvgIpc) is 3.28. The van der Waals surface area contributed by atoms with Gasteiger partial charge in [0, 0.05) is 44.5 Å². The van der Waals surface area contributed by atoms with Crippen molar-refractivity contribution < 1.29 is 8.78 Å². The van der Waals surface area contributed by atoms with Crippen molar-refractivity contribution in [3.8, 4) is 11.3 Å². The van der Waals surface area contributed by atoms with Gasteiger partial charge in [-0.05, 0) is 24.3 Å². The molecular weight excluding hydrogens is 370 g/mol. The minimum atomic E-state index is -2.51. The van der Waals surface area contributed by atoms with Crippen molar-refractivity contribution in [2.45, 2.75) is 25.2 Å². The maximum absolute atomic E-state index is 13.2. The molecule has 1 atom stereocenters. The maximum Gasteiger partial charge on any atom is 0.325 e. The molecule has 1 saturated carbocycles. The van der Waals surface area contributed by atoms with Crippen molar-refractivity contribution in [2.24, 2.45) is 11.8 Å². The van der Waals surface area contributed by atoms with Crippen molar-refractivity contribution in [1.82, 2.24) is 24.6 Å². The average molecular weight is 388 g/mol. The van der Waals surface area contributed by atoms with Gasteiger partial charge in [0.1, 0.15) is 5.69 Å². The number of nitrogens with zero attached hydrogens (tertiary/aromatic N) is 4. The molecule has 2 fully saturated rings. The number of halogens is 2. The van der Waals surface area contributed by atoms with Gasteiger partial charge in [-0.1, -0.05) is 0 Å². The second-order valence-corrected chi connectivity index (χ2v) is 7.61. The number of imidazole rings is 1. The Morgan fingerprint density at radius 2 is 2.04 bits per heavy atom. The predicted octanol–water partition coefficient (Wildman–Crippen LogP) is 1.64. The molecule has 1 aliphatic carbocycles. The van der Waals surface area contributed by atoms with E-state index >= 15 is 0 Å². The van der Waals surface area contributed by atoms with E-state index in [1.807, 2.05) is 0 Å². The van der Waals surface area contributed by atoms with Crippen LogP contribution in [0.25, 0.3) is 16.9 Å². The van der Waals surface area contributed by atoms with Crippen LogP contribution >= 0.6 is 0 Å². The minimum absolute atomic E-state index is 0.0291. The van der Waals surface area contributed by atoms with Gasteiger partial charge in [0.05, 0.1) is 11.3 Å². The first-order chi connectivity index (χ1) is 13.4. The Balaban J connectivity index is 1.50. The monoisotopic (exact) mass is 388 g/mol. The first-order valence-electron chi connectivity index (χ1n) is 9.19. The van der Waals surface area contributed by atoms with Crippen molar-refractivity contribution in [3.63, 3.8) is 0 Å². The SMILES string of the molecule is O=c1[nH]cc(-c2cc(N3CCC(C4CC(F)(F)C4)C3)c3nccn3n2)c(=O)[nH]1. The summed E-state index contributed by atoms with van der Waals surface area (Å²) < 4.78 is 28.1. The quantitative estimate of drug-likeness (QED) is 0.711. The highest BCUT2D eigenvalue weighted by Gasteiger charge is 2.49. The van der Waals surface area contributed by atoms with Crippen LogP contribution in [-0.4, -0.2) is 43.6 Å². The first kappa shape index (κ1) is 17.1. The number of aromatic nitrogens is 5. The highest BCUT2D eigenvalue weighted by molar-refractivity contribution is 5.74. The van der Waals surface area contributed by atoms with Gasteiger partial charge in [0.25, 0.3) is 5.56 Å². The molecule has 0 radical (unpaired) electrons. The van der Waals surface area contributed by atoms with Crippen LogP contribution < -0.4 is 16.1 Å². The number of alkyl halides is 2. The standard InChI is InChI=1S/C18H18F2N6O2/c19-18(20)6-11(7-18)10-1-3-25(9-10)14-5-13(24-26-4-2-21-15(14)26)12-8-22-17(28)23-16(12)27/h2,4-5,8,10-11H,1,3,6-7,9H2,(H2,22,23,27,28). The minimum Gasteiger partial charge on any atom is -0.368 e. The zero-order chi connectivity index (χ0) is 19.5. The Morgan fingerprint density at radius 3 is 2.79 bits per heavy atom. The number of aromatic amines is 2. The number of hydrogen-bond acceptors (Lipinski definition) is 5. The summed E-state index contributed by atoms with van der Waals surface area (Å²) in [6.07, 6.45) is 5.43. The lowest BCUT2D eigenvalue weighted by molar-refractivity contribution is -0.123. The summed E-state index contributed by atoms with van der Waals surface area (Å²) in [4.78, 5) is 34.6. The summed E-state index contributed by atoms with van der Waals surface area (Å²) in [5.41, 5.74) is 0.968. The fourth-order valence-electron chi connectivity index (χ4n) is 4.30. The van der Waals surface area contributed by atoms with Crippen LogP contribution in [-0.2, 0) is 0 Å². The second-order valence-electron chi connectivity index (χ2n) is 7.61. The molecule has 28 heavy (non-hydrogen) atoms. The second kappa shape index (κ2) is 5.98. The summed E-state index contributed by atoms with van der Waals surface area (Å²) in [7, 11) is 0. The van der Waals surface area contributed by atoms with Crippen LogP contribution in [0.15, 0.2) is 34.2 Å². The van der Waals surface area contributed by atoms with E-state index in [0.717, 1.165) is 18.7 Å². The Bertz CT molecular complexity index is 1160. The molecule has 0 amide bonds. The molecule has 146 valence electrons. The number of rotatable bonds is 3. The Morgan fingerprint density at radius 1 is 1.21 bits per heavy atom. The lowest BCUT2D eigenvalue weighted by Gasteiger charge is -2.38. The molecule has 4 heterocycles. The molecule has 2 N–H and O–H groups in total. The summed E-state index contributed by atoms with van der Waals surface area (Å²) in [6, 6.07) is 1.77. The van der Waals surface area contributed by atoms with E-state index < -0.39 is 17.2 Å². The zero-order valence-corrected chi connectivity index (χ0v) is 14.9. The third-order valence-electron chi connectivity index (χ3n) is 5.79. The van der Waals surface area contributed by atoms with Crippen molar-refractivity contribution in [3.05, 3.63) is 45.5 Å². The Labute approximate surface area is 157 Å². The van der Waals surface area contributed by atoms with Crippen LogP contribution in [0, 0.1) is 11.8 Å². The molecule has 10 heteroatoms. The Kier molecular flexibility index (Phi) is 3.65. The van der Waals surface area contributed by atoms with Crippen molar-refractivity contribution >= 4 is 11.3 Å². The van der Waals surface area contributed by atoms with E-state index in [1.54, 1.807) is 23.0 Å². The Hall–Kier alpha value is -3.04. The molecule has 0 spiro atoms. The topological polar surface area (TPSA) is 99.2 Å². The fraction of sp³-hybridized carbons (Fsp3) is 0.444. The van der Waals surface area contributed by atoms with Crippen LogP contribution in [0.5, 0.6) is 0 Å². The number of fused-ring (bicyclic) bond motifs is 1.